The van der Waals surface area contributed by atoms with E-state index >= 15 is 0 Å². The van der Waals surface area contributed by atoms with Gasteiger partial charge < -0.3 is 10.1 Å². The molecule has 0 atom stereocenters. The Kier molecular flexibility index (Phi) is 7.36. The summed E-state index contributed by atoms with van der Waals surface area (Å²) in [7, 11) is 0. The summed E-state index contributed by atoms with van der Waals surface area (Å²) in [5, 5.41) is 6.66. The first-order valence-corrected chi connectivity index (χ1v) is 8.48. The van der Waals surface area contributed by atoms with Crippen molar-refractivity contribution in [2.75, 3.05) is 11.9 Å². The Balaban J connectivity index is 1.71. The minimum absolute atomic E-state index is 0.0677. The molecule has 0 spiro atoms. The molecule has 0 aliphatic carbocycles. The van der Waals surface area contributed by atoms with E-state index in [9.17, 15) is 9.59 Å². The van der Waals surface area contributed by atoms with Gasteiger partial charge >= 0.3 is 0 Å². The Morgan fingerprint density at radius 3 is 2.50 bits per heavy atom. The van der Waals surface area contributed by atoms with Crippen molar-refractivity contribution in [1.29, 1.82) is 0 Å². The second kappa shape index (κ2) is 9.98. The van der Waals surface area contributed by atoms with Gasteiger partial charge in [-0.25, -0.2) is 5.43 Å². The van der Waals surface area contributed by atoms with Crippen molar-refractivity contribution in [2.45, 2.75) is 26.7 Å². The van der Waals surface area contributed by atoms with Crippen molar-refractivity contribution in [3.05, 3.63) is 59.7 Å². The number of hydrazone groups is 1. The number of ether oxygens (including phenoxy) is 1. The lowest BCUT2D eigenvalue weighted by atomic mass is 10.2. The molecular formula is C20H23N3O3. The number of carbonyl (C=O) groups is 2. The molecule has 26 heavy (non-hydrogen) atoms. The van der Waals surface area contributed by atoms with Crippen molar-refractivity contribution >= 4 is 23.7 Å². The molecule has 2 rings (SSSR count). The van der Waals surface area contributed by atoms with Crippen LogP contribution in [0.4, 0.5) is 5.69 Å². The first-order chi connectivity index (χ1) is 12.6. The van der Waals surface area contributed by atoms with Gasteiger partial charge in [-0.1, -0.05) is 12.1 Å². The first-order valence-electron chi connectivity index (χ1n) is 8.48. The second-order valence-electron chi connectivity index (χ2n) is 5.71. The summed E-state index contributed by atoms with van der Waals surface area (Å²) < 4.78 is 5.35. The summed E-state index contributed by atoms with van der Waals surface area (Å²) in [6.45, 7) is 4.48. The van der Waals surface area contributed by atoms with Crippen LogP contribution in [0.5, 0.6) is 5.75 Å². The number of anilines is 1. The SMILES string of the molecule is CCOc1ccc(/C=N\NC(=O)CCC(=O)Nc2cccc(C)c2)cc1. The number of benzene rings is 2. The molecule has 2 aromatic carbocycles. The maximum Gasteiger partial charge on any atom is 0.240 e. The largest absolute Gasteiger partial charge is 0.494 e. The highest BCUT2D eigenvalue weighted by atomic mass is 16.5. The average molecular weight is 353 g/mol. The fourth-order valence-corrected chi connectivity index (χ4v) is 2.22. The number of nitrogens with zero attached hydrogens (tertiary/aromatic N) is 1. The van der Waals surface area contributed by atoms with E-state index in [0.29, 0.717) is 6.61 Å². The lowest BCUT2D eigenvalue weighted by molar-refractivity contribution is -0.124. The van der Waals surface area contributed by atoms with E-state index in [1.165, 1.54) is 0 Å². The molecule has 6 nitrogen and oxygen atoms in total. The van der Waals surface area contributed by atoms with Gasteiger partial charge in [0.25, 0.3) is 0 Å². The highest BCUT2D eigenvalue weighted by molar-refractivity contribution is 5.93. The second-order valence-corrected chi connectivity index (χ2v) is 5.71. The maximum absolute atomic E-state index is 11.9. The van der Waals surface area contributed by atoms with Gasteiger partial charge in [-0.15, -0.1) is 0 Å². The van der Waals surface area contributed by atoms with E-state index in [0.717, 1.165) is 22.6 Å². The standard InChI is InChI=1S/C20H23N3O3/c1-3-26-18-9-7-16(8-10-18)14-21-23-20(25)12-11-19(24)22-17-6-4-5-15(2)13-17/h4-10,13-14H,3,11-12H2,1-2H3,(H,22,24)(H,23,25)/b21-14-. The van der Waals surface area contributed by atoms with E-state index in [4.69, 9.17) is 4.74 Å². The van der Waals surface area contributed by atoms with Crippen molar-refractivity contribution in [3.8, 4) is 5.75 Å². The summed E-state index contributed by atoms with van der Waals surface area (Å²) in [6, 6.07) is 14.9. The molecule has 0 saturated carbocycles. The van der Waals surface area contributed by atoms with Gasteiger partial charge in [0.2, 0.25) is 11.8 Å². The molecule has 0 saturated heterocycles. The molecule has 0 heterocycles. The van der Waals surface area contributed by atoms with Crippen molar-refractivity contribution < 1.29 is 14.3 Å². The highest BCUT2D eigenvalue weighted by Gasteiger charge is 2.06. The summed E-state index contributed by atoms with van der Waals surface area (Å²) in [5.41, 5.74) is 5.04. The fourth-order valence-electron chi connectivity index (χ4n) is 2.22. The van der Waals surface area contributed by atoms with Crippen LogP contribution in [0.3, 0.4) is 0 Å². The van der Waals surface area contributed by atoms with Gasteiger partial charge in [0, 0.05) is 18.5 Å². The Bertz CT molecular complexity index is 770. The molecule has 0 unspecified atom stereocenters. The minimum atomic E-state index is -0.313. The normalized spacial score (nSPS) is 10.5. The van der Waals surface area contributed by atoms with E-state index in [1.54, 1.807) is 6.21 Å². The molecule has 6 heteroatoms. The maximum atomic E-state index is 11.9. The molecule has 2 aromatic rings. The zero-order chi connectivity index (χ0) is 18.8. The number of aryl methyl sites for hydroxylation is 1. The van der Waals surface area contributed by atoms with Gasteiger partial charge in [0.05, 0.1) is 12.8 Å². The number of hydrogen-bond donors (Lipinski definition) is 2. The number of hydrogen-bond acceptors (Lipinski definition) is 4. The molecule has 136 valence electrons. The highest BCUT2D eigenvalue weighted by Crippen LogP contribution is 2.11. The van der Waals surface area contributed by atoms with Crippen LogP contribution in [-0.4, -0.2) is 24.6 Å². The average Bonchev–Trinajstić information content (AvgIpc) is 2.62. The van der Waals surface area contributed by atoms with Crippen LogP contribution in [0.2, 0.25) is 0 Å². The molecule has 0 fully saturated rings. The third-order valence-electron chi connectivity index (χ3n) is 3.47. The molecule has 0 aromatic heterocycles. The van der Waals surface area contributed by atoms with Gasteiger partial charge in [-0.3, -0.25) is 9.59 Å². The van der Waals surface area contributed by atoms with E-state index in [2.05, 4.69) is 15.8 Å². The Labute approximate surface area is 153 Å². The van der Waals surface area contributed by atoms with Crippen LogP contribution >= 0.6 is 0 Å². The molecule has 0 radical (unpaired) electrons. The first kappa shape index (κ1) is 19.2. The lowest BCUT2D eigenvalue weighted by Crippen LogP contribution is -2.20. The number of nitrogens with one attached hydrogen (secondary N) is 2. The summed E-state index contributed by atoms with van der Waals surface area (Å²) in [6.07, 6.45) is 1.71. The van der Waals surface area contributed by atoms with Crippen LogP contribution in [0.25, 0.3) is 0 Å². The van der Waals surface area contributed by atoms with Crippen LogP contribution in [0.15, 0.2) is 53.6 Å². The lowest BCUT2D eigenvalue weighted by Gasteiger charge is -2.05. The number of amides is 2. The minimum Gasteiger partial charge on any atom is -0.494 e. The topological polar surface area (TPSA) is 79.8 Å². The fraction of sp³-hybridized carbons (Fsp3) is 0.250. The van der Waals surface area contributed by atoms with Gasteiger partial charge in [0.15, 0.2) is 0 Å². The van der Waals surface area contributed by atoms with Gasteiger partial charge in [-0.05, 0) is 61.4 Å². The molecule has 0 bridgehead atoms. The molecule has 2 amide bonds. The smallest absolute Gasteiger partial charge is 0.240 e. The summed E-state index contributed by atoms with van der Waals surface area (Å²) in [5.74, 6) is 0.265. The third kappa shape index (κ3) is 6.76. The Morgan fingerprint density at radius 2 is 1.81 bits per heavy atom. The van der Waals surface area contributed by atoms with E-state index < -0.39 is 0 Å². The predicted octanol–water partition coefficient (Wildman–Crippen LogP) is 3.26. The molecule has 0 aliphatic rings. The van der Waals surface area contributed by atoms with Gasteiger partial charge in [-0.2, -0.15) is 5.10 Å². The van der Waals surface area contributed by atoms with Crippen LogP contribution < -0.4 is 15.5 Å². The summed E-state index contributed by atoms with van der Waals surface area (Å²) in [4.78, 5) is 23.6. The molecular weight excluding hydrogens is 330 g/mol. The molecule has 0 aliphatic heterocycles. The zero-order valence-corrected chi connectivity index (χ0v) is 15.0. The van der Waals surface area contributed by atoms with Crippen molar-refractivity contribution in [1.82, 2.24) is 5.43 Å². The Hall–Kier alpha value is -3.15. The van der Waals surface area contributed by atoms with Crippen molar-refractivity contribution in [3.63, 3.8) is 0 Å². The van der Waals surface area contributed by atoms with Crippen LogP contribution in [0.1, 0.15) is 30.9 Å². The monoisotopic (exact) mass is 353 g/mol. The van der Waals surface area contributed by atoms with Crippen LogP contribution in [0, 0.1) is 6.92 Å². The van der Waals surface area contributed by atoms with E-state index in [-0.39, 0.29) is 24.7 Å². The number of carbonyl (C=O) groups excluding carboxylic acids is 2. The van der Waals surface area contributed by atoms with Gasteiger partial charge in [0.1, 0.15) is 5.75 Å². The van der Waals surface area contributed by atoms with Crippen molar-refractivity contribution in [2.24, 2.45) is 5.10 Å². The number of rotatable bonds is 8. The Morgan fingerprint density at radius 1 is 1.08 bits per heavy atom. The zero-order valence-electron chi connectivity index (χ0n) is 15.0. The quantitative estimate of drug-likeness (QED) is 0.565. The van der Waals surface area contributed by atoms with E-state index in [1.807, 2.05) is 62.4 Å². The predicted molar refractivity (Wildman–Crippen MR) is 102 cm³/mol. The molecule has 2 N–H and O–H groups in total. The third-order valence-corrected chi connectivity index (χ3v) is 3.47. The van der Waals surface area contributed by atoms with Crippen LogP contribution in [-0.2, 0) is 9.59 Å². The summed E-state index contributed by atoms with van der Waals surface area (Å²) >= 11 is 0.